The molecule has 4 nitrogen and oxygen atoms in total. The molecule has 1 aliphatic rings. The third-order valence-corrected chi connectivity index (χ3v) is 2.76. The molecule has 1 aromatic rings. The van der Waals surface area contributed by atoms with Gasteiger partial charge in [-0.05, 0) is 25.7 Å². The van der Waals surface area contributed by atoms with Gasteiger partial charge in [-0.15, -0.1) is 0 Å². The number of hydrogen-bond donors (Lipinski definition) is 1. The summed E-state index contributed by atoms with van der Waals surface area (Å²) in [6, 6.07) is 0. The third kappa shape index (κ3) is 2.96. The van der Waals surface area contributed by atoms with Gasteiger partial charge in [-0.2, -0.15) is 4.98 Å². The van der Waals surface area contributed by atoms with Crippen molar-refractivity contribution in [2.75, 3.05) is 0 Å². The number of rotatable bonds is 3. The van der Waals surface area contributed by atoms with Crippen LogP contribution in [-0.4, -0.2) is 16.2 Å². The molecule has 1 N–H and O–H groups in total. The van der Waals surface area contributed by atoms with Crippen molar-refractivity contribution < 1.29 is 14.3 Å². The minimum absolute atomic E-state index is 0.0997. The molecule has 2 rings (SSSR count). The Morgan fingerprint density at radius 3 is 2.67 bits per heavy atom. The molecule has 0 amide bonds. The summed E-state index contributed by atoms with van der Waals surface area (Å²) in [5.41, 5.74) is 0.527. The second-order valence-electron chi connectivity index (χ2n) is 3.99. The van der Waals surface area contributed by atoms with Gasteiger partial charge in [0, 0.05) is 0 Å². The molecule has 0 aliphatic heterocycles. The fraction of sp³-hybridized carbons (Fsp3) is 0.727. The second kappa shape index (κ2) is 5.16. The van der Waals surface area contributed by atoms with Gasteiger partial charge in [0.05, 0.1) is 6.61 Å². The molecule has 1 aromatic heterocycles. The Morgan fingerprint density at radius 1 is 1.33 bits per heavy atom. The minimum atomic E-state index is -0.0997. The number of nitrogens with zero attached hydrogens (tertiary/aromatic N) is 1. The van der Waals surface area contributed by atoms with Crippen molar-refractivity contribution in [3.8, 4) is 6.08 Å². The summed E-state index contributed by atoms with van der Waals surface area (Å²) >= 11 is 0. The highest BCUT2D eigenvalue weighted by Crippen LogP contribution is 2.22. The van der Waals surface area contributed by atoms with Gasteiger partial charge in [0.15, 0.2) is 0 Å². The summed E-state index contributed by atoms with van der Waals surface area (Å²) in [5, 5.41) is 8.82. The highest BCUT2D eigenvalue weighted by molar-refractivity contribution is 4.98. The normalized spacial score (nSPS) is 18.7. The lowest BCUT2D eigenvalue weighted by atomic mass is 10.2. The summed E-state index contributed by atoms with van der Waals surface area (Å²) in [7, 11) is 0. The Hall–Kier alpha value is -1.03. The van der Waals surface area contributed by atoms with E-state index in [-0.39, 0.29) is 12.7 Å². The fourth-order valence-electron chi connectivity index (χ4n) is 1.92. The van der Waals surface area contributed by atoms with Crippen LogP contribution in [0, 0.1) is 0 Å². The molecule has 0 atom stereocenters. The van der Waals surface area contributed by atoms with E-state index in [0.29, 0.717) is 11.8 Å². The monoisotopic (exact) mass is 211 g/mol. The van der Waals surface area contributed by atoms with Crippen LogP contribution in [0.4, 0.5) is 0 Å². The van der Waals surface area contributed by atoms with E-state index in [0.717, 1.165) is 12.8 Å². The zero-order chi connectivity index (χ0) is 10.5. The van der Waals surface area contributed by atoms with E-state index in [2.05, 4.69) is 4.98 Å². The Balaban J connectivity index is 1.89. The van der Waals surface area contributed by atoms with Gasteiger partial charge < -0.3 is 14.3 Å². The van der Waals surface area contributed by atoms with Crippen molar-refractivity contribution in [3.63, 3.8) is 0 Å². The fourth-order valence-corrected chi connectivity index (χ4v) is 1.92. The van der Waals surface area contributed by atoms with E-state index in [1.807, 2.05) is 0 Å². The molecule has 0 saturated heterocycles. The molecule has 4 heteroatoms. The molecule has 0 unspecified atom stereocenters. The van der Waals surface area contributed by atoms with Crippen molar-refractivity contribution in [2.24, 2.45) is 0 Å². The predicted octanol–water partition coefficient (Wildman–Crippen LogP) is 2.27. The number of ether oxygens (including phenoxy) is 1. The van der Waals surface area contributed by atoms with Crippen LogP contribution < -0.4 is 4.74 Å². The van der Waals surface area contributed by atoms with E-state index in [4.69, 9.17) is 14.3 Å². The van der Waals surface area contributed by atoms with Crippen LogP contribution in [0.3, 0.4) is 0 Å². The topological polar surface area (TPSA) is 55.5 Å². The molecule has 1 aliphatic carbocycles. The van der Waals surface area contributed by atoms with Gasteiger partial charge in [-0.3, -0.25) is 0 Å². The van der Waals surface area contributed by atoms with Crippen LogP contribution >= 0.6 is 0 Å². The summed E-state index contributed by atoms with van der Waals surface area (Å²) in [6.45, 7) is -0.0997. The molecule has 0 spiro atoms. The molecule has 1 saturated carbocycles. The van der Waals surface area contributed by atoms with Crippen LogP contribution in [0.25, 0.3) is 0 Å². The van der Waals surface area contributed by atoms with Crippen molar-refractivity contribution in [2.45, 2.75) is 51.2 Å². The number of aliphatic hydroxyl groups excluding tert-OH is 1. The Kier molecular flexibility index (Phi) is 3.61. The largest absolute Gasteiger partial charge is 0.447 e. The molecule has 0 bridgehead atoms. The zero-order valence-corrected chi connectivity index (χ0v) is 8.82. The van der Waals surface area contributed by atoms with Crippen LogP contribution in [0.1, 0.15) is 44.2 Å². The Morgan fingerprint density at radius 2 is 2.07 bits per heavy atom. The number of aliphatic hydroxyl groups is 1. The highest BCUT2D eigenvalue weighted by Gasteiger charge is 2.16. The standard InChI is InChI=1S/C11H17NO3/c13-7-9-8-14-11(12-9)15-10-5-3-1-2-4-6-10/h8,10,13H,1-7H2. The lowest BCUT2D eigenvalue weighted by Crippen LogP contribution is -2.15. The maximum Gasteiger partial charge on any atom is 0.394 e. The van der Waals surface area contributed by atoms with E-state index in [1.165, 1.54) is 31.9 Å². The molecule has 15 heavy (non-hydrogen) atoms. The number of hydrogen-bond acceptors (Lipinski definition) is 4. The first-order chi connectivity index (χ1) is 7.38. The van der Waals surface area contributed by atoms with Gasteiger partial charge in [-0.1, -0.05) is 12.8 Å². The van der Waals surface area contributed by atoms with Crippen molar-refractivity contribution in [1.29, 1.82) is 0 Å². The van der Waals surface area contributed by atoms with Gasteiger partial charge in [0.25, 0.3) is 0 Å². The van der Waals surface area contributed by atoms with E-state index in [1.54, 1.807) is 0 Å². The Bertz CT molecular complexity index is 290. The van der Waals surface area contributed by atoms with Crippen molar-refractivity contribution in [3.05, 3.63) is 12.0 Å². The van der Waals surface area contributed by atoms with E-state index in [9.17, 15) is 0 Å². The summed E-state index contributed by atoms with van der Waals surface area (Å²) < 4.78 is 10.7. The van der Waals surface area contributed by atoms with Gasteiger partial charge in [0.1, 0.15) is 18.1 Å². The summed E-state index contributed by atoms with van der Waals surface area (Å²) in [4.78, 5) is 4.01. The average Bonchev–Trinajstić information content (AvgIpc) is 2.54. The van der Waals surface area contributed by atoms with E-state index < -0.39 is 0 Å². The predicted molar refractivity (Wildman–Crippen MR) is 54.5 cm³/mol. The minimum Gasteiger partial charge on any atom is -0.447 e. The lowest BCUT2D eigenvalue weighted by molar-refractivity contribution is 0.133. The van der Waals surface area contributed by atoms with Crippen molar-refractivity contribution >= 4 is 0 Å². The van der Waals surface area contributed by atoms with Crippen molar-refractivity contribution in [1.82, 2.24) is 4.98 Å². The number of oxazole rings is 1. The van der Waals surface area contributed by atoms with Gasteiger partial charge in [-0.25, -0.2) is 0 Å². The third-order valence-electron chi connectivity index (χ3n) is 2.76. The van der Waals surface area contributed by atoms with Crippen LogP contribution in [0.2, 0.25) is 0 Å². The Labute approximate surface area is 89.3 Å². The number of aromatic nitrogens is 1. The van der Waals surface area contributed by atoms with Crippen LogP contribution in [0.5, 0.6) is 6.08 Å². The SMILES string of the molecule is OCc1coc(OC2CCCCCC2)n1. The maximum atomic E-state index is 8.82. The smallest absolute Gasteiger partial charge is 0.394 e. The van der Waals surface area contributed by atoms with Crippen LogP contribution in [0.15, 0.2) is 10.7 Å². The van der Waals surface area contributed by atoms with Gasteiger partial charge in [0.2, 0.25) is 0 Å². The summed E-state index contributed by atoms with van der Waals surface area (Å²) in [6.07, 6.45) is 9.17. The van der Waals surface area contributed by atoms with E-state index >= 15 is 0 Å². The lowest BCUT2D eigenvalue weighted by Gasteiger charge is -2.12. The first kappa shape index (κ1) is 10.5. The highest BCUT2D eigenvalue weighted by atomic mass is 16.6. The molecule has 84 valence electrons. The first-order valence-corrected chi connectivity index (χ1v) is 5.60. The average molecular weight is 211 g/mol. The molecule has 1 heterocycles. The zero-order valence-electron chi connectivity index (χ0n) is 8.82. The van der Waals surface area contributed by atoms with Gasteiger partial charge >= 0.3 is 6.08 Å². The molecular weight excluding hydrogens is 194 g/mol. The van der Waals surface area contributed by atoms with Crippen LogP contribution in [-0.2, 0) is 6.61 Å². The molecule has 1 fully saturated rings. The molecule has 0 aromatic carbocycles. The first-order valence-electron chi connectivity index (χ1n) is 5.60. The molecule has 0 radical (unpaired) electrons. The molecular formula is C11H17NO3. The summed E-state index contributed by atoms with van der Waals surface area (Å²) in [5.74, 6) is 0. The maximum absolute atomic E-state index is 8.82. The quantitative estimate of drug-likeness (QED) is 0.779. The second-order valence-corrected chi connectivity index (χ2v) is 3.99.